The van der Waals surface area contributed by atoms with Crippen molar-refractivity contribution in [1.82, 2.24) is 4.31 Å². The normalized spacial score (nSPS) is 14.9. The van der Waals surface area contributed by atoms with Crippen molar-refractivity contribution in [3.8, 4) is 12.1 Å². The first-order valence-electron chi connectivity index (χ1n) is 8.31. The van der Waals surface area contributed by atoms with Crippen LogP contribution in [0.25, 0.3) is 0 Å². The van der Waals surface area contributed by atoms with Gasteiger partial charge in [0.05, 0.1) is 26.6 Å². The zero-order chi connectivity index (χ0) is 20.3. The highest BCUT2D eigenvalue weighted by Gasteiger charge is 2.30. The minimum atomic E-state index is -3.88. The highest BCUT2D eigenvalue weighted by atomic mass is 32.2. The molecule has 1 aliphatic heterocycles. The van der Waals surface area contributed by atoms with E-state index in [1.807, 2.05) is 4.90 Å². The number of piperazine rings is 1. The van der Waals surface area contributed by atoms with Crippen LogP contribution in [0.5, 0.6) is 0 Å². The average Bonchev–Trinajstić information content (AvgIpc) is 2.73. The van der Waals surface area contributed by atoms with E-state index >= 15 is 0 Å². The molecule has 3 rings (SSSR count). The van der Waals surface area contributed by atoms with Crippen LogP contribution < -0.4 is 4.90 Å². The lowest BCUT2D eigenvalue weighted by atomic mass is 10.1. The molecule has 0 unspecified atom stereocenters. The monoisotopic (exact) mass is 397 g/mol. The van der Waals surface area contributed by atoms with E-state index in [9.17, 15) is 29.1 Å². The second-order valence-corrected chi connectivity index (χ2v) is 8.01. The standard InChI is InChI=1S/C18H15N5O4S/c19-12-14-3-1-4-15(13-20)18(14)21-7-9-22(10-8-21)28(26,27)17-6-2-5-16(11-17)23(24)25/h1-6,11H,7-10H2. The Labute approximate surface area is 161 Å². The fourth-order valence-corrected chi connectivity index (χ4v) is 4.59. The van der Waals surface area contributed by atoms with Gasteiger partial charge in [0.15, 0.2) is 0 Å². The second-order valence-electron chi connectivity index (χ2n) is 6.07. The van der Waals surface area contributed by atoms with Gasteiger partial charge in [-0.3, -0.25) is 10.1 Å². The zero-order valence-electron chi connectivity index (χ0n) is 14.6. The molecule has 9 nitrogen and oxygen atoms in total. The van der Waals surface area contributed by atoms with E-state index in [2.05, 4.69) is 12.1 Å². The molecule has 1 saturated heterocycles. The maximum Gasteiger partial charge on any atom is 0.270 e. The number of nitrogens with zero attached hydrogens (tertiary/aromatic N) is 5. The fourth-order valence-electron chi connectivity index (χ4n) is 3.12. The quantitative estimate of drug-likeness (QED) is 0.568. The molecular weight excluding hydrogens is 382 g/mol. The van der Waals surface area contributed by atoms with Crippen LogP contribution in [0.1, 0.15) is 11.1 Å². The Balaban J connectivity index is 1.83. The Bertz CT molecular complexity index is 1080. The molecule has 0 aromatic heterocycles. The summed E-state index contributed by atoms with van der Waals surface area (Å²) in [7, 11) is -3.88. The molecule has 0 bridgehead atoms. The minimum absolute atomic E-state index is 0.134. The Morgan fingerprint density at radius 3 is 2.07 bits per heavy atom. The van der Waals surface area contributed by atoms with Gasteiger partial charge in [0, 0.05) is 38.3 Å². The molecule has 0 amide bonds. The first-order valence-corrected chi connectivity index (χ1v) is 9.75. The van der Waals surface area contributed by atoms with E-state index in [1.54, 1.807) is 18.2 Å². The molecule has 2 aromatic rings. The van der Waals surface area contributed by atoms with Crippen molar-refractivity contribution < 1.29 is 13.3 Å². The third-order valence-electron chi connectivity index (χ3n) is 4.50. The molecule has 0 saturated carbocycles. The summed E-state index contributed by atoms with van der Waals surface area (Å²) < 4.78 is 26.9. The number of sulfonamides is 1. The number of non-ortho nitro benzene ring substituents is 1. The lowest BCUT2D eigenvalue weighted by Crippen LogP contribution is -2.49. The molecule has 0 N–H and O–H groups in total. The van der Waals surface area contributed by atoms with Gasteiger partial charge >= 0.3 is 0 Å². The number of nitro benzene ring substituents is 1. The summed E-state index contributed by atoms with van der Waals surface area (Å²) >= 11 is 0. The van der Waals surface area contributed by atoms with Crippen molar-refractivity contribution in [2.45, 2.75) is 4.90 Å². The number of benzene rings is 2. The van der Waals surface area contributed by atoms with Crippen molar-refractivity contribution in [2.75, 3.05) is 31.1 Å². The van der Waals surface area contributed by atoms with Crippen LogP contribution in [0.15, 0.2) is 47.4 Å². The molecule has 1 aliphatic rings. The second kappa shape index (κ2) is 7.64. The van der Waals surface area contributed by atoms with Crippen LogP contribution in [-0.2, 0) is 10.0 Å². The predicted molar refractivity (Wildman–Crippen MR) is 99.9 cm³/mol. The van der Waals surface area contributed by atoms with Crippen molar-refractivity contribution in [3.05, 3.63) is 63.7 Å². The Hall–Kier alpha value is -3.47. The van der Waals surface area contributed by atoms with E-state index in [4.69, 9.17) is 0 Å². The number of nitriles is 2. The van der Waals surface area contributed by atoms with Crippen molar-refractivity contribution in [2.24, 2.45) is 0 Å². The van der Waals surface area contributed by atoms with E-state index < -0.39 is 14.9 Å². The number of hydrogen-bond donors (Lipinski definition) is 0. The van der Waals surface area contributed by atoms with Crippen LogP contribution in [0.2, 0.25) is 0 Å². The lowest BCUT2D eigenvalue weighted by Gasteiger charge is -2.36. The van der Waals surface area contributed by atoms with Gasteiger partial charge in [-0.2, -0.15) is 14.8 Å². The minimum Gasteiger partial charge on any atom is -0.367 e. The van der Waals surface area contributed by atoms with Crippen molar-refractivity contribution in [1.29, 1.82) is 10.5 Å². The number of anilines is 1. The van der Waals surface area contributed by atoms with Crippen LogP contribution in [-0.4, -0.2) is 43.8 Å². The van der Waals surface area contributed by atoms with Gasteiger partial charge in [-0.15, -0.1) is 0 Å². The SMILES string of the molecule is N#Cc1cccc(C#N)c1N1CCN(S(=O)(=O)c2cccc([N+](=O)[O-])c2)CC1. The van der Waals surface area contributed by atoms with Crippen LogP contribution in [0.3, 0.4) is 0 Å². The maximum atomic E-state index is 12.8. The third-order valence-corrected chi connectivity index (χ3v) is 6.39. The Morgan fingerprint density at radius 2 is 1.54 bits per heavy atom. The van der Waals surface area contributed by atoms with Crippen LogP contribution in [0.4, 0.5) is 11.4 Å². The van der Waals surface area contributed by atoms with Gasteiger partial charge in [0.25, 0.3) is 5.69 Å². The molecule has 1 heterocycles. The molecular formula is C18H15N5O4S. The maximum absolute atomic E-state index is 12.8. The number of rotatable bonds is 4. The van der Waals surface area contributed by atoms with Crippen LogP contribution in [0, 0.1) is 32.8 Å². The summed E-state index contributed by atoms with van der Waals surface area (Å²) in [5, 5.41) is 29.6. The zero-order valence-corrected chi connectivity index (χ0v) is 15.5. The van der Waals surface area contributed by atoms with Gasteiger partial charge in [-0.1, -0.05) is 12.1 Å². The van der Waals surface area contributed by atoms with Gasteiger partial charge in [-0.25, -0.2) is 8.42 Å². The molecule has 10 heteroatoms. The van der Waals surface area contributed by atoms with Gasteiger partial charge in [-0.05, 0) is 18.2 Å². The summed E-state index contributed by atoms with van der Waals surface area (Å²) in [5.41, 5.74) is 0.921. The van der Waals surface area contributed by atoms with Crippen molar-refractivity contribution in [3.63, 3.8) is 0 Å². The summed E-state index contributed by atoms with van der Waals surface area (Å²) in [6.07, 6.45) is 0. The number of nitro groups is 1. The molecule has 142 valence electrons. The van der Waals surface area contributed by atoms with Gasteiger partial charge in [0.1, 0.15) is 12.1 Å². The molecule has 0 spiro atoms. The topological polar surface area (TPSA) is 131 Å². The largest absolute Gasteiger partial charge is 0.367 e. The van der Waals surface area contributed by atoms with Gasteiger partial charge < -0.3 is 4.90 Å². The summed E-state index contributed by atoms with van der Waals surface area (Å²) in [6, 6.07) is 13.9. The predicted octanol–water partition coefficient (Wildman–Crippen LogP) is 1.85. The molecule has 28 heavy (non-hydrogen) atoms. The van der Waals surface area contributed by atoms with E-state index in [1.165, 1.54) is 22.5 Å². The third kappa shape index (κ3) is 3.51. The summed E-state index contributed by atoms with van der Waals surface area (Å²) in [6.45, 7) is 0.856. The first kappa shape index (κ1) is 19.3. The highest BCUT2D eigenvalue weighted by Crippen LogP contribution is 2.28. The van der Waals surface area contributed by atoms with Crippen LogP contribution >= 0.6 is 0 Å². The molecule has 1 fully saturated rings. The molecule has 0 aliphatic carbocycles. The van der Waals surface area contributed by atoms with Crippen molar-refractivity contribution >= 4 is 21.4 Å². The average molecular weight is 397 g/mol. The van der Waals surface area contributed by atoms with Gasteiger partial charge in [0.2, 0.25) is 10.0 Å². The summed E-state index contributed by atoms with van der Waals surface area (Å²) in [5.74, 6) is 0. The van der Waals surface area contributed by atoms with E-state index in [0.29, 0.717) is 29.9 Å². The highest BCUT2D eigenvalue weighted by molar-refractivity contribution is 7.89. The number of para-hydroxylation sites is 1. The first-order chi connectivity index (χ1) is 13.4. The molecule has 0 atom stereocenters. The lowest BCUT2D eigenvalue weighted by molar-refractivity contribution is -0.385. The molecule has 0 radical (unpaired) electrons. The molecule has 2 aromatic carbocycles. The number of hydrogen-bond acceptors (Lipinski definition) is 7. The summed E-state index contributed by atoms with van der Waals surface area (Å²) in [4.78, 5) is 12.0. The van der Waals surface area contributed by atoms with E-state index in [0.717, 1.165) is 6.07 Å². The smallest absolute Gasteiger partial charge is 0.270 e. The Morgan fingerprint density at radius 1 is 0.964 bits per heavy atom. The Kier molecular flexibility index (Phi) is 5.27. The van der Waals surface area contributed by atoms with E-state index in [-0.39, 0.29) is 23.7 Å². The fraction of sp³-hybridized carbons (Fsp3) is 0.222.